The van der Waals surface area contributed by atoms with E-state index >= 15 is 0 Å². The van der Waals surface area contributed by atoms with Gasteiger partial charge in [0.25, 0.3) is 5.56 Å². The lowest BCUT2D eigenvalue weighted by Crippen LogP contribution is -2.36. The van der Waals surface area contributed by atoms with Crippen molar-refractivity contribution in [1.82, 2.24) is 4.57 Å². The predicted molar refractivity (Wildman–Crippen MR) is 117 cm³/mol. The lowest BCUT2D eigenvalue weighted by molar-refractivity contribution is -0.136. The number of carbonyl (C=O) groups is 1. The summed E-state index contributed by atoms with van der Waals surface area (Å²) in [5.74, 6) is -0.606. The highest BCUT2D eigenvalue weighted by atomic mass is 16.5. The van der Waals surface area contributed by atoms with Gasteiger partial charge in [-0.1, -0.05) is 13.3 Å². The monoisotopic (exact) mass is 444 g/mol. The van der Waals surface area contributed by atoms with E-state index in [1.54, 1.807) is 24.3 Å². The highest BCUT2D eigenvalue weighted by Gasteiger charge is 2.40. The summed E-state index contributed by atoms with van der Waals surface area (Å²) in [6.07, 6.45) is 1.39. The maximum atomic E-state index is 13.7. The fraction of sp³-hybridized carbons (Fsp3) is 0.391. The van der Waals surface area contributed by atoms with Gasteiger partial charge in [0, 0.05) is 23.9 Å². The molecular formula is C23H28N2O7. The Kier molecular flexibility index (Phi) is 7.09. The Bertz CT molecular complexity index is 1100. The minimum atomic E-state index is -0.927. The maximum Gasteiger partial charge on any atom is 0.340 e. The number of nitrogens with zero attached hydrogens (tertiary/aromatic N) is 1. The summed E-state index contributed by atoms with van der Waals surface area (Å²) in [6, 6.07) is 6.81. The number of pyridine rings is 1. The molecule has 0 saturated carbocycles. The number of esters is 1. The molecular weight excluding hydrogens is 416 g/mol. The first kappa shape index (κ1) is 23.2. The molecule has 1 aromatic heterocycles. The van der Waals surface area contributed by atoms with Gasteiger partial charge in [0.1, 0.15) is 22.8 Å². The predicted octanol–water partition coefficient (Wildman–Crippen LogP) is 1.68. The Hall–Kier alpha value is -3.46. The number of hydrogen-bond acceptors (Lipinski definition) is 8. The van der Waals surface area contributed by atoms with E-state index in [0.717, 1.165) is 6.42 Å². The van der Waals surface area contributed by atoms with Crippen molar-refractivity contribution in [2.75, 3.05) is 27.9 Å². The van der Waals surface area contributed by atoms with Crippen LogP contribution in [0.1, 0.15) is 36.1 Å². The van der Waals surface area contributed by atoms with Crippen molar-refractivity contribution in [2.45, 2.75) is 32.2 Å². The van der Waals surface area contributed by atoms with E-state index in [-0.39, 0.29) is 41.5 Å². The van der Waals surface area contributed by atoms with Gasteiger partial charge in [-0.3, -0.25) is 4.79 Å². The van der Waals surface area contributed by atoms with Crippen molar-refractivity contribution in [2.24, 2.45) is 5.73 Å². The number of nitrogens with two attached hydrogens (primary N) is 1. The molecule has 2 aromatic rings. The zero-order valence-corrected chi connectivity index (χ0v) is 18.6. The van der Waals surface area contributed by atoms with Gasteiger partial charge < -0.3 is 34.4 Å². The third kappa shape index (κ3) is 4.03. The van der Waals surface area contributed by atoms with Gasteiger partial charge >= 0.3 is 5.97 Å². The maximum absolute atomic E-state index is 13.7. The number of ether oxygens (including phenoxy) is 4. The fourth-order valence-electron chi connectivity index (χ4n) is 4.01. The van der Waals surface area contributed by atoms with Crippen LogP contribution in [0, 0.1) is 0 Å². The van der Waals surface area contributed by atoms with E-state index in [2.05, 4.69) is 0 Å². The van der Waals surface area contributed by atoms with Crippen molar-refractivity contribution in [3.63, 3.8) is 0 Å². The molecule has 9 nitrogen and oxygen atoms in total. The van der Waals surface area contributed by atoms with Gasteiger partial charge in [-0.05, 0) is 24.6 Å². The number of rotatable bonds is 8. The molecule has 0 amide bonds. The normalized spacial score (nSPS) is 15.1. The molecule has 0 fully saturated rings. The van der Waals surface area contributed by atoms with Crippen LogP contribution in [0.5, 0.6) is 17.2 Å². The molecule has 0 radical (unpaired) electrons. The molecule has 0 saturated heterocycles. The van der Waals surface area contributed by atoms with Gasteiger partial charge in [-0.15, -0.1) is 0 Å². The highest BCUT2D eigenvalue weighted by molar-refractivity contribution is 5.92. The minimum absolute atomic E-state index is 0.0116. The second kappa shape index (κ2) is 9.78. The minimum Gasteiger partial charge on any atom is -0.497 e. The molecule has 2 heterocycles. The second-order valence-electron chi connectivity index (χ2n) is 7.26. The number of aryl methyl sites for hydroxylation is 1. The van der Waals surface area contributed by atoms with Crippen molar-refractivity contribution in [3.8, 4) is 17.2 Å². The van der Waals surface area contributed by atoms with Gasteiger partial charge in [-0.2, -0.15) is 0 Å². The quantitative estimate of drug-likeness (QED) is 0.590. The number of aliphatic hydroxyl groups excluding tert-OH is 1. The molecule has 1 aromatic carbocycles. The Morgan fingerprint density at radius 2 is 1.97 bits per heavy atom. The van der Waals surface area contributed by atoms with E-state index in [9.17, 15) is 14.7 Å². The van der Waals surface area contributed by atoms with Crippen LogP contribution in [0.15, 0.2) is 40.5 Å². The Morgan fingerprint density at radius 1 is 1.22 bits per heavy atom. The van der Waals surface area contributed by atoms with E-state index in [1.807, 2.05) is 6.92 Å². The number of methoxy groups -OCH3 is 3. The third-order valence-electron chi connectivity index (χ3n) is 5.43. The Balaban J connectivity index is 2.40. The average Bonchev–Trinajstić information content (AvgIpc) is 2.80. The first-order chi connectivity index (χ1) is 15.4. The summed E-state index contributed by atoms with van der Waals surface area (Å²) in [5.41, 5.74) is 7.18. The average molecular weight is 444 g/mol. The fourth-order valence-corrected chi connectivity index (χ4v) is 4.01. The third-order valence-corrected chi connectivity index (χ3v) is 5.43. The lowest BCUT2D eigenvalue weighted by Gasteiger charge is -2.30. The molecule has 9 heteroatoms. The van der Waals surface area contributed by atoms with E-state index in [4.69, 9.17) is 24.7 Å². The summed E-state index contributed by atoms with van der Waals surface area (Å²) in [7, 11) is 4.23. The van der Waals surface area contributed by atoms with E-state index in [1.165, 1.54) is 25.9 Å². The summed E-state index contributed by atoms with van der Waals surface area (Å²) < 4.78 is 23.1. The molecule has 1 unspecified atom stereocenters. The van der Waals surface area contributed by atoms with Crippen LogP contribution < -0.4 is 25.5 Å². The number of hydrogen-bond donors (Lipinski definition) is 2. The SMILES string of the molecule is CCCc1cc2c(c(=O)n1CCO)C(c1cc(OC)ccc1OC)C(C(=O)OC)=C(N)O2. The van der Waals surface area contributed by atoms with Crippen LogP contribution in [-0.2, 0) is 22.5 Å². The first-order valence-electron chi connectivity index (χ1n) is 10.3. The smallest absolute Gasteiger partial charge is 0.340 e. The van der Waals surface area contributed by atoms with Crippen molar-refractivity contribution in [3.05, 3.63) is 62.9 Å². The van der Waals surface area contributed by atoms with Gasteiger partial charge in [-0.25, -0.2) is 4.79 Å². The summed E-state index contributed by atoms with van der Waals surface area (Å²) >= 11 is 0. The van der Waals surface area contributed by atoms with Crippen LogP contribution in [0.3, 0.4) is 0 Å². The molecule has 1 atom stereocenters. The standard InChI is InChI=1S/C23H28N2O7/c1-5-6-13-11-17-19(22(27)25(13)9-10-26)18(20(21(24)32-17)23(28)31-4)15-12-14(29-2)7-8-16(15)30-3/h7-8,11-12,18,26H,5-6,9-10,24H2,1-4H3. The van der Waals surface area contributed by atoms with E-state index < -0.39 is 11.9 Å². The second-order valence-corrected chi connectivity index (χ2v) is 7.26. The molecule has 172 valence electrons. The van der Waals surface area contributed by atoms with Crippen LogP contribution in [0.25, 0.3) is 0 Å². The van der Waals surface area contributed by atoms with Gasteiger partial charge in [0.15, 0.2) is 0 Å². The molecule has 0 aliphatic carbocycles. The molecule has 3 N–H and O–H groups in total. The zero-order valence-electron chi connectivity index (χ0n) is 18.6. The Morgan fingerprint density at radius 3 is 2.56 bits per heavy atom. The molecule has 32 heavy (non-hydrogen) atoms. The van der Waals surface area contributed by atoms with Crippen LogP contribution in [0.4, 0.5) is 0 Å². The molecule has 0 bridgehead atoms. The number of carbonyl (C=O) groups excluding carboxylic acids is 1. The van der Waals surface area contributed by atoms with E-state index in [0.29, 0.717) is 29.2 Å². The molecule has 1 aliphatic rings. The number of benzene rings is 1. The number of fused-ring (bicyclic) bond motifs is 1. The Labute approximate surface area is 186 Å². The lowest BCUT2D eigenvalue weighted by atomic mass is 9.82. The summed E-state index contributed by atoms with van der Waals surface area (Å²) in [6.45, 7) is 1.88. The highest BCUT2D eigenvalue weighted by Crippen LogP contribution is 2.45. The summed E-state index contributed by atoms with van der Waals surface area (Å²) in [4.78, 5) is 26.4. The largest absolute Gasteiger partial charge is 0.497 e. The zero-order chi connectivity index (χ0) is 23.4. The van der Waals surface area contributed by atoms with Crippen molar-refractivity contribution in [1.29, 1.82) is 0 Å². The number of aromatic nitrogens is 1. The summed E-state index contributed by atoms with van der Waals surface area (Å²) in [5, 5.41) is 9.56. The molecule has 0 spiro atoms. The molecule has 1 aliphatic heterocycles. The van der Waals surface area contributed by atoms with Gasteiger partial charge in [0.05, 0.1) is 39.4 Å². The number of aliphatic hydroxyl groups is 1. The van der Waals surface area contributed by atoms with Crippen molar-refractivity contribution < 1.29 is 28.8 Å². The van der Waals surface area contributed by atoms with Crippen LogP contribution in [0.2, 0.25) is 0 Å². The molecule has 3 rings (SSSR count). The first-order valence-corrected chi connectivity index (χ1v) is 10.3. The topological polar surface area (TPSA) is 122 Å². The van der Waals surface area contributed by atoms with Gasteiger partial charge in [0.2, 0.25) is 5.88 Å². The van der Waals surface area contributed by atoms with Crippen molar-refractivity contribution >= 4 is 5.97 Å². The van der Waals surface area contributed by atoms with Crippen LogP contribution >= 0.6 is 0 Å². The van der Waals surface area contributed by atoms with Crippen LogP contribution in [-0.4, -0.2) is 43.6 Å².